The Bertz CT molecular complexity index is 570. The summed E-state index contributed by atoms with van der Waals surface area (Å²) in [6, 6.07) is 9.16. The van der Waals surface area contributed by atoms with Crippen LogP contribution in [0.1, 0.15) is 5.56 Å². The summed E-state index contributed by atoms with van der Waals surface area (Å²) in [5.74, 6) is -0.616. The minimum atomic E-state index is -0.363. The quantitative estimate of drug-likeness (QED) is 0.834. The van der Waals surface area contributed by atoms with E-state index < -0.39 is 0 Å². The summed E-state index contributed by atoms with van der Waals surface area (Å²) in [5.41, 5.74) is 7.82. The van der Waals surface area contributed by atoms with Gasteiger partial charge in [-0.1, -0.05) is 12.1 Å². The highest BCUT2D eigenvalue weighted by atomic mass is 79.9. The van der Waals surface area contributed by atoms with Gasteiger partial charge in [0.25, 0.3) is 0 Å². The monoisotopic (exact) mass is 326 g/mol. The van der Waals surface area contributed by atoms with Crippen molar-refractivity contribution in [1.29, 1.82) is 0 Å². The molecule has 0 unspecified atom stereocenters. The van der Waals surface area contributed by atoms with Gasteiger partial charge in [-0.25, -0.2) is 8.78 Å². The number of nitrogen functional groups attached to an aromatic ring is 1. The summed E-state index contributed by atoms with van der Waals surface area (Å²) < 4.78 is 26.4. The van der Waals surface area contributed by atoms with Gasteiger partial charge in [-0.05, 0) is 46.1 Å². The lowest BCUT2D eigenvalue weighted by Crippen LogP contribution is -2.07. The highest BCUT2D eigenvalue weighted by Crippen LogP contribution is 2.26. The Morgan fingerprint density at radius 1 is 1.11 bits per heavy atom. The third-order valence-corrected chi connectivity index (χ3v) is 3.34. The molecule has 0 amide bonds. The topological polar surface area (TPSA) is 38.0 Å². The van der Waals surface area contributed by atoms with E-state index in [-0.39, 0.29) is 11.6 Å². The number of rotatable bonds is 4. The molecule has 0 saturated heterocycles. The van der Waals surface area contributed by atoms with E-state index in [0.29, 0.717) is 28.8 Å². The molecular weight excluding hydrogens is 314 g/mol. The third kappa shape index (κ3) is 3.67. The van der Waals surface area contributed by atoms with Crippen LogP contribution in [-0.2, 0) is 6.42 Å². The molecule has 0 aliphatic carbocycles. The molecule has 0 saturated carbocycles. The summed E-state index contributed by atoms with van der Waals surface area (Å²) in [4.78, 5) is 0. The number of nitrogens with one attached hydrogen (secondary N) is 1. The Labute approximate surface area is 118 Å². The summed E-state index contributed by atoms with van der Waals surface area (Å²) in [6.45, 7) is 0.594. The van der Waals surface area contributed by atoms with Crippen molar-refractivity contribution < 1.29 is 8.78 Å². The van der Waals surface area contributed by atoms with Crippen LogP contribution in [0.2, 0.25) is 0 Å². The number of hydrogen-bond donors (Lipinski definition) is 2. The van der Waals surface area contributed by atoms with Crippen LogP contribution in [0.25, 0.3) is 0 Å². The first-order chi connectivity index (χ1) is 9.06. The van der Waals surface area contributed by atoms with Gasteiger partial charge < -0.3 is 11.1 Å². The van der Waals surface area contributed by atoms with Crippen molar-refractivity contribution in [3.63, 3.8) is 0 Å². The molecule has 19 heavy (non-hydrogen) atoms. The van der Waals surface area contributed by atoms with Gasteiger partial charge in [0.2, 0.25) is 0 Å². The van der Waals surface area contributed by atoms with Gasteiger partial charge in [0.05, 0.1) is 15.8 Å². The van der Waals surface area contributed by atoms with Crippen molar-refractivity contribution >= 4 is 27.3 Å². The molecule has 0 aliphatic heterocycles. The first kappa shape index (κ1) is 13.8. The molecule has 0 radical (unpaired) electrons. The van der Waals surface area contributed by atoms with E-state index in [1.807, 2.05) is 0 Å². The Morgan fingerprint density at radius 3 is 2.47 bits per heavy atom. The molecule has 3 N–H and O–H groups in total. The molecule has 0 atom stereocenters. The van der Waals surface area contributed by atoms with Crippen molar-refractivity contribution in [2.75, 3.05) is 17.6 Å². The molecular formula is C14H13BrF2N2. The minimum Gasteiger partial charge on any atom is -0.397 e. The lowest BCUT2D eigenvalue weighted by Gasteiger charge is -2.10. The van der Waals surface area contributed by atoms with E-state index in [1.54, 1.807) is 12.1 Å². The lowest BCUT2D eigenvalue weighted by molar-refractivity contribution is 0.621. The van der Waals surface area contributed by atoms with Crippen LogP contribution in [0.5, 0.6) is 0 Å². The van der Waals surface area contributed by atoms with Crippen LogP contribution in [0.15, 0.2) is 40.9 Å². The number of halogens is 3. The second-order valence-corrected chi connectivity index (χ2v) is 5.01. The standard InChI is InChI=1S/C14H13BrF2N2/c15-11-7-13(18)14(8-12(11)17)19-6-5-9-1-3-10(16)4-2-9/h1-4,7-8,19H,5-6,18H2. The fourth-order valence-corrected chi connectivity index (χ4v) is 2.07. The van der Waals surface area contributed by atoms with Gasteiger partial charge in [0.15, 0.2) is 0 Å². The second kappa shape index (κ2) is 6.02. The SMILES string of the molecule is Nc1cc(Br)c(F)cc1NCCc1ccc(F)cc1. The molecule has 0 heterocycles. The molecule has 0 aliphatic rings. The molecule has 2 aromatic rings. The zero-order chi connectivity index (χ0) is 13.8. The smallest absolute Gasteiger partial charge is 0.139 e. The van der Waals surface area contributed by atoms with Crippen LogP contribution in [0.4, 0.5) is 20.2 Å². The number of hydrogen-bond acceptors (Lipinski definition) is 2. The fourth-order valence-electron chi connectivity index (χ4n) is 1.71. The molecule has 0 spiro atoms. The molecule has 0 fully saturated rings. The van der Waals surface area contributed by atoms with Gasteiger partial charge in [-0.2, -0.15) is 0 Å². The molecule has 0 aromatic heterocycles. The number of anilines is 2. The second-order valence-electron chi connectivity index (χ2n) is 4.16. The van der Waals surface area contributed by atoms with Gasteiger partial charge >= 0.3 is 0 Å². The zero-order valence-corrected chi connectivity index (χ0v) is 11.7. The Kier molecular flexibility index (Phi) is 4.37. The maximum atomic E-state index is 13.4. The average molecular weight is 327 g/mol. The maximum absolute atomic E-state index is 13.4. The van der Waals surface area contributed by atoms with E-state index in [9.17, 15) is 8.78 Å². The van der Waals surface area contributed by atoms with E-state index in [1.165, 1.54) is 24.3 Å². The predicted molar refractivity (Wildman–Crippen MR) is 77.1 cm³/mol. The predicted octanol–water partition coefficient (Wildman–Crippen LogP) is 3.96. The van der Waals surface area contributed by atoms with Crippen LogP contribution < -0.4 is 11.1 Å². The summed E-state index contributed by atoms with van der Waals surface area (Å²) in [6.07, 6.45) is 0.706. The van der Waals surface area contributed by atoms with Crippen LogP contribution in [-0.4, -0.2) is 6.54 Å². The summed E-state index contributed by atoms with van der Waals surface area (Å²) in [7, 11) is 0. The largest absolute Gasteiger partial charge is 0.397 e. The normalized spacial score (nSPS) is 10.5. The Hall–Kier alpha value is -1.62. The minimum absolute atomic E-state index is 0.254. The molecule has 100 valence electrons. The van der Waals surface area contributed by atoms with Gasteiger partial charge in [0, 0.05) is 12.6 Å². The van der Waals surface area contributed by atoms with E-state index in [2.05, 4.69) is 21.2 Å². The van der Waals surface area contributed by atoms with Crippen molar-refractivity contribution in [2.24, 2.45) is 0 Å². The average Bonchev–Trinajstić information content (AvgIpc) is 2.38. The van der Waals surface area contributed by atoms with Crippen molar-refractivity contribution in [2.45, 2.75) is 6.42 Å². The number of nitrogens with two attached hydrogens (primary N) is 1. The maximum Gasteiger partial charge on any atom is 0.139 e. The molecule has 2 aromatic carbocycles. The molecule has 2 nitrogen and oxygen atoms in total. The first-order valence-electron chi connectivity index (χ1n) is 5.79. The van der Waals surface area contributed by atoms with Crippen LogP contribution >= 0.6 is 15.9 Å². The van der Waals surface area contributed by atoms with Crippen molar-refractivity contribution in [3.05, 3.63) is 58.1 Å². The Balaban J connectivity index is 1.96. The van der Waals surface area contributed by atoms with Crippen molar-refractivity contribution in [1.82, 2.24) is 0 Å². The number of benzene rings is 2. The molecule has 0 bridgehead atoms. The van der Waals surface area contributed by atoms with E-state index >= 15 is 0 Å². The van der Waals surface area contributed by atoms with Gasteiger partial charge in [0.1, 0.15) is 11.6 Å². The highest BCUT2D eigenvalue weighted by molar-refractivity contribution is 9.10. The molecule has 5 heteroatoms. The lowest BCUT2D eigenvalue weighted by atomic mass is 10.1. The Morgan fingerprint density at radius 2 is 1.79 bits per heavy atom. The van der Waals surface area contributed by atoms with E-state index in [4.69, 9.17) is 5.73 Å². The summed E-state index contributed by atoms with van der Waals surface area (Å²) in [5, 5.41) is 3.06. The van der Waals surface area contributed by atoms with Crippen molar-refractivity contribution in [3.8, 4) is 0 Å². The highest BCUT2D eigenvalue weighted by Gasteiger charge is 2.05. The van der Waals surface area contributed by atoms with Crippen LogP contribution in [0.3, 0.4) is 0 Å². The van der Waals surface area contributed by atoms with Crippen LogP contribution in [0, 0.1) is 11.6 Å². The van der Waals surface area contributed by atoms with E-state index in [0.717, 1.165) is 5.56 Å². The first-order valence-corrected chi connectivity index (χ1v) is 6.58. The fraction of sp³-hybridized carbons (Fsp3) is 0.143. The third-order valence-electron chi connectivity index (χ3n) is 2.73. The summed E-state index contributed by atoms with van der Waals surface area (Å²) >= 11 is 3.07. The molecule has 2 rings (SSSR count). The van der Waals surface area contributed by atoms with Gasteiger partial charge in [-0.15, -0.1) is 0 Å². The zero-order valence-electron chi connectivity index (χ0n) is 10.1. The van der Waals surface area contributed by atoms with Gasteiger partial charge in [-0.3, -0.25) is 0 Å².